The first kappa shape index (κ1) is 19.0. The van der Waals surface area contributed by atoms with Gasteiger partial charge in [0.15, 0.2) is 5.43 Å². The fourth-order valence-corrected chi connectivity index (χ4v) is 3.68. The highest BCUT2D eigenvalue weighted by Crippen LogP contribution is 2.20. The lowest BCUT2D eigenvalue weighted by molar-refractivity contribution is -0.121. The highest BCUT2D eigenvalue weighted by Gasteiger charge is 2.19. The minimum Gasteiger partial charge on any atom is -0.468 e. The van der Waals surface area contributed by atoms with Gasteiger partial charge in [-0.25, -0.2) is 0 Å². The third kappa shape index (κ3) is 3.67. The van der Waals surface area contributed by atoms with Crippen LogP contribution in [0.15, 0.2) is 76.1 Å². The van der Waals surface area contributed by atoms with Gasteiger partial charge in [-0.2, -0.15) is 0 Å². The maximum absolute atomic E-state index is 12.8. The highest BCUT2D eigenvalue weighted by atomic mass is 16.3. The summed E-state index contributed by atoms with van der Waals surface area (Å²) in [6.07, 6.45) is 1.63. The third-order valence-electron chi connectivity index (χ3n) is 5.17. The Bertz CT molecular complexity index is 1150. The molecule has 1 N–H and O–H groups in total. The number of likely N-dealkylation sites (N-methyl/N-ethyl adjacent to an activating group) is 1. The molecular formula is C23H23N3O3. The van der Waals surface area contributed by atoms with E-state index in [9.17, 15) is 9.59 Å². The van der Waals surface area contributed by atoms with E-state index in [-0.39, 0.29) is 23.9 Å². The molecule has 0 aliphatic rings. The largest absolute Gasteiger partial charge is 0.468 e. The van der Waals surface area contributed by atoms with E-state index in [1.165, 1.54) is 0 Å². The van der Waals surface area contributed by atoms with E-state index in [4.69, 9.17) is 4.42 Å². The van der Waals surface area contributed by atoms with Crippen molar-refractivity contribution in [2.24, 2.45) is 0 Å². The summed E-state index contributed by atoms with van der Waals surface area (Å²) in [4.78, 5) is 27.6. The van der Waals surface area contributed by atoms with Gasteiger partial charge in [0.25, 0.3) is 0 Å². The number of amides is 1. The number of nitrogens with zero attached hydrogens (tertiary/aromatic N) is 2. The van der Waals surface area contributed by atoms with Crippen molar-refractivity contribution in [1.29, 1.82) is 0 Å². The molecule has 0 aliphatic heterocycles. The van der Waals surface area contributed by atoms with Crippen LogP contribution in [0.25, 0.3) is 21.8 Å². The maximum Gasteiger partial charge on any atom is 0.240 e. The molecule has 6 nitrogen and oxygen atoms in total. The maximum atomic E-state index is 12.8. The highest BCUT2D eigenvalue weighted by molar-refractivity contribution is 5.94. The van der Waals surface area contributed by atoms with Crippen molar-refractivity contribution < 1.29 is 9.21 Å². The SMILES string of the molecule is CN(C)[C@@H](CNC(=O)Cn1c2ccccc2c(=O)c2ccccc21)c1ccco1. The summed E-state index contributed by atoms with van der Waals surface area (Å²) in [5.74, 6) is 0.678. The van der Waals surface area contributed by atoms with Gasteiger partial charge in [-0.1, -0.05) is 24.3 Å². The summed E-state index contributed by atoms with van der Waals surface area (Å²) in [5, 5.41) is 4.23. The molecule has 0 bridgehead atoms. The summed E-state index contributed by atoms with van der Waals surface area (Å²) in [6, 6.07) is 18.5. The number of fused-ring (bicyclic) bond motifs is 2. The van der Waals surface area contributed by atoms with Crippen LogP contribution in [0.5, 0.6) is 0 Å². The van der Waals surface area contributed by atoms with E-state index in [2.05, 4.69) is 5.32 Å². The molecule has 1 atom stereocenters. The van der Waals surface area contributed by atoms with Gasteiger partial charge in [0.1, 0.15) is 12.3 Å². The minimum absolute atomic E-state index is 0.0154. The molecule has 148 valence electrons. The Kier molecular flexibility index (Phi) is 5.18. The molecule has 29 heavy (non-hydrogen) atoms. The first-order valence-electron chi connectivity index (χ1n) is 9.53. The van der Waals surface area contributed by atoms with Crippen molar-refractivity contribution in [3.8, 4) is 0 Å². The Morgan fingerprint density at radius 1 is 1.00 bits per heavy atom. The zero-order valence-electron chi connectivity index (χ0n) is 16.5. The monoisotopic (exact) mass is 389 g/mol. The average Bonchev–Trinajstić information content (AvgIpc) is 3.25. The number of para-hydroxylation sites is 2. The number of hydrogen-bond donors (Lipinski definition) is 1. The normalized spacial score (nSPS) is 12.5. The summed E-state index contributed by atoms with van der Waals surface area (Å²) in [6.45, 7) is 0.551. The topological polar surface area (TPSA) is 67.5 Å². The van der Waals surface area contributed by atoms with E-state index in [0.29, 0.717) is 17.3 Å². The Labute approximate surface area is 168 Å². The summed E-state index contributed by atoms with van der Waals surface area (Å²) < 4.78 is 7.40. The summed E-state index contributed by atoms with van der Waals surface area (Å²) >= 11 is 0. The Morgan fingerprint density at radius 3 is 2.17 bits per heavy atom. The fourth-order valence-electron chi connectivity index (χ4n) is 3.68. The van der Waals surface area contributed by atoms with Gasteiger partial charge in [-0.3, -0.25) is 14.5 Å². The minimum atomic E-state index is -0.123. The van der Waals surface area contributed by atoms with Crippen molar-refractivity contribution in [3.63, 3.8) is 0 Å². The number of pyridine rings is 1. The molecule has 0 unspecified atom stereocenters. The van der Waals surface area contributed by atoms with Gasteiger partial charge in [-0.15, -0.1) is 0 Å². The van der Waals surface area contributed by atoms with Gasteiger partial charge in [-0.05, 0) is 50.5 Å². The molecule has 0 spiro atoms. The van der Waals surface area contributed by atoms with Crippen LogP contribution in [0.4, 0.5) is 0 Å². The number of rotatable bonds is 6. The lowest BCUT2D eigenvalue weighted by Gasteiger charge is -2.23. The number of carbonyl (C=O) groups excluding carboxylic acids is 1. The van der Waals surface area contributed by atoms with Crippen molar-refractivity contribution in [3.05, 3.63) is 82.9 Å². The van der Waals surface area contributed by atoms with Crippen LogP contribution in [-0.2, 0) is 11.3 Å². The molecule has 0 fully saturated rings. The average molecular weight is 389 g/mol. The number of aromatic nitrogens is 1. The second kappa shape index (κ2) is 7.93. The van der Waals surface area contributed by atoms with E-state index >= 15 is 0 Å². The number of benzene rings is 2. The first-order valence-corrected chi connectivity index (χ1v) is 9.53. The zero-order chi connectivity index (χ0) is 20.4. The molecular weight excluding hydrogens is 366 g/mol. The standard InChI is InChI=1S/C23H23N3O3/c1-25(2)20(21-12-7-13-29-21)14-24-22(27)15-26-18-10-5-3-8-16(18)23(28)17-9-4-6-11-19(17)26/h3-13,20H,14-15H2,1-2H3,(H,24,27)/t20-/m0/s1. The summed E-state index contributed by atoms with van der Waals surface area (Å²) in [7, 11) is 3.89. The lowest BCUT2D eigenvalue weighted by Crippen LogP contribution is -2.36. The number of furan rings is 1. The molecule has 0 aliphatic carbocycles. The van der Waals surface area contributed by atoms with Crippen LogP contribution in [0.2, 0.25) is 0 Å². The molecule has 2 aromatic carbocycles. The second-order valence-electron chi connectivity index (χ2n) is 7.25. The second-order valence-corrected chi connectivity index (χ2v) is 7.25. The molecule has 4 aromatic rings. The Hall–Kier alpha value is -3.38. The van der Waals surface area contributed by atoms with Gasteiger partial charge < -0.3 is 14.3 Å². The molecule has 2 heterocycles. The third-order valence-corrected chi connectivity index (χ3v) is 5.17. The molecule has 4 rings (SSSR count). The van der Waals surface area contributed by atoms with Crippen molar-refractivity contribution in [1.82, 2.24) is 14.8 Å². The van der Waals surface area contributed by atoms with Gasteiger partial charge in [0.2, 0.25) is 5.91 Å². The Balaban J connectivity index is 1.64. The van der Waals surface area contributed by atoms with E-state index in [0.717, 1.165) is 16.8 Å². The van der Waals surface area contributed by atoms with Crippen LogP contribution in [0.1, 0.15) is 11.8 Å². The van der Waals surface area contributed by atoms with E-state index in [1.807, 2.05) is 72.1 Å². The van der Waals surface area contributed by atoms with E-state index in [1.54, 1.807) is 18.4 Å². The molecule has 1 amide bonds. The predicted molar refractivity (Wildman–Crippen MR) is 114 cm³/mol. The van der Waals surface area contributed by atoms with Gasteiger partial charge in [0, 0.05) is 17.3 Å². The smallest absolute Gasteiger partial charge is 0.240 e. The van der Waals surface area contributed by atoms with Crippen LogP contribution in [0, 0.1) is 0 Å². The number of hydrogen-bond acceptors (Lipinski definition) is 4. The lowest BCUT2D eigenvalue weighted by atomic mass is 10.1. The first-order chi connectivity index (χ1) is 14.1. The fraction of sp³-hybridized carbons (Fsp3) is 0.217. The molecule has 6 heteroatoms. The quantitative estimate of drug-likeness (QED) is 0.515. The number of carbonyl (C=O) groups is 1. The molecule has 0 saturated heterocycles. The van der Waals surface area contributed by atoms with E-state index < -0.39 is 0 Å². The van der Waals surface area contributed by atoms with Crippen molar-refractivity contribution in [2.75, 3.05) is 20.6 Å². The molecule has 2 aromatic heterocycles. The van der Waals surface area contributed by atoms with Crippen LogP contribution in [0.3, 0.4) is 0 Å². The van der Waals surface area contributed by atoms with Crippen LogP contribution in [-0.4, -0.2) is 36.0 Å². The number of nitrogens with one attached hydrogen (secondary N) is 1. The van der Waals surface area contributed by atoms with Crippen LogP contribution >= 0.6 is 0 Å². The molecule has 0 radical (unpaired) electrons. The Morgan fingerprint density at radius 2 is 1.62 bits per heavy atom. The van der Waals surface area contributed by atoms with Gasteiger partial charge >= 0.3 is 0 Å². The van der Waals surface area contributed by atoms with Crippen molar-refractivity contribution >= 4 is 27.7 Å². The van der Waals surface area contributed by atoms with Crippen LogP contribution < -0.4 is 10.7 Å². The van der Waals surface area contributed by atoms with Crippen molar-refractivity contribution in [2.45, 2.75) is 12.6 Å². The van der Waals surface area contributed by atoms with Gasteiger partial charge in [0.05, 0.1) is 23.3 Å². The molecule has 0 saturated carbocycles. The zero-order valence-corrected chi connectivity index (χ0v) is 16.5. The summed E-state index contributed by atoms with van der Waals surface area (Å²) in [5.41, 5.74) is 1.49. The predicted octanol–water partition coefficient (Wildman–Crippen LogP) is 3.17.